The molecule has 1 fully saturated rings. The molecule has 112 valence electrons. The lowest BCUT2D eigenvalue weighted by molar-refractivity contribution is 0.0614. The average molecular weight is 278 g/mol. The molecule has 0 unspecified atom stereocenters. The smallest absolute Gasteiger partial charge is 0.133 e. The number of anilines is 2. The van der Waals surface area contributed by atoms with Crippen LogP contribution in [-0.4, -0.2) is 33.8 Å². The van der Waals surface area contributed by atoms with E-state index in [-0.39, 0.29) is 0 Å². The van der Waals surface area contributed by atoms with Crippen molar-refractivity contribution in [1.29, 1.82) is 0 Å². The molecule has 1 aliphatic rings. The zero-order valence-electron chi connectivity index (χ0n) is 12.6. The maximum atomic E-state index is 10.4. The summed E-state index contributed by atoms with van der Waals surface area (Å²) in [7, 11) is 0. The van der Waals surface area contributed by atoms with Gasteiger partial charge in [0.25, 0.3) is 0 Å². The number of aromatic nitrogens is 2. The minimum atomic E-state index is -0.561. The first kappa shape index (κ1) is 15.0. The molecule has 0 aromatic carbocycles. The fourth-order valence-corrected chi connectivity index (χ4v) is 2.66. The molecule has 0 spiro atoms. The summed E-state index contributed by atoms with van der Waals surface area (Å²) < 4.78 is 0. The predicted molar refractivity (Wildman–Crippen MR) is 82.1 cm³/mol. The van der Waals surface area contributed by atoms with Gasteiger partial charge in [0.05, 0.1) is 5.60 Å². The summed E-state index contributed by atoms with van der Waals surface area (Å²) >= 11 is 0. The first-order valence-electron chi connectivity index (χ1n) is 7.73. The van der Waals surface area contributed by atoms with Gasteiger partial charge in [-0.1, -0.05) is 19.8 Å². The van der Waals surface area contributed by atoms with Gasteiger partial charge in [-0.25, -0.2) is 9.97 Å². The topological polar surface area (TPSA) is 70.1 Å². The van der Waals surface area contributed by atoms with Crippen molar-refractivity contribution in [2.45, 2.75) is 58.0 Å². The summed E-state index contributed by atoms with van der Waals surface area (Å²) in [5.74, 6) is 2.51. The second-order valence-electron chi connectivity index (χ2n) is 5.62. The summed E-state index contributed by atoms with van der Waals surface area (Å²) in [5.41, 5.74) is -0.561. The number of aryl methyl sites for hydroxylation is 1. The summed E-state index contributed by atoms with van der Waals surface area (Å²) in [6, 6.07) is 1.92. The zero-order valence-corrected chi connectivity index (χ0v) is 12.6. The van der Waals surface area contributed by atoms with Crippen LogP contribution in [0.4, 0.5) is 11.6 Å². The molecule has 5 heteroatoms. The second kappa shape index (κ2) is 6.88. The van der Waals surface area contributed by atoms with Crippen LogP contribution in [0, 0.1) is 0 Å². The summed E-state index contributed by atoms with van der Waals surface area (Å²) in [5, 5.41) is 16.9. The van der Waals surface area contributed by atoms with Crippen molar-refractivity contribution >= 4 is 11.6 Å². The lowest BCUT2D eigenvalue weighted by Crippen LogP contribution is -2.33. The fourth-order valence-electron chi connectivity index (χ4n) is 2.66. The number of nitrogens with one attached hydrogen (secondary N) is 2. The lowest BCUT2D eigenvalue weighted by atomic mass is 10.0. The maximum absolute atomic E-state index is 10.4. The van der Waals surface area contributed by atoms with Crippen LogP contribution in [0.25, 0.3) is 0 Å². The molecule has 0 saturated heterocycles. The third kappa shape index (κ3) is 4.07. The van der Waals surface area contributed by atoms with Gasteiger partial charge in [-0.15, -0.1) is 0 Å². The molecule has 0 aliphatic heterocycles. The molecular formula is C15H26N4O. The molecule has 0 bridgehead atoms. The number of nitrogens with zero attached hydrogens (tertiary/aromatic N) is 2. The van der Waals surface area contributed by atoms with Crippen LogP contribution >= 0.6 is 0 Å². The van der Waals surface area contributed by atoms with E-state index in [1.54, 1.807) is 0 Å². The first-order valence-corrected chi connectivity index (χ1v) is 7.73. The van der Waals surface area contributed by atoms with Crippen LogP contribution in [0.5, 0.6) is 0 Å². The quantitative estimate of drug-likeness (QED) is 0.715. The van der Waals surface area contributed by atoms with Crippen molar-refractivity contribution in [1.82, 2.24) is 9.97 Å². The third-order valence-corrected chi connectivity index (χ3v) is 3.74. The average Bonchev–Trinajstić information content (AvgIpc) is 2.85. The van der Waals surface area contributed by atoms with Gasteiger partial charge in [0, 0.05) is 25.6 Å². The zero-order chi connectivity index (χ0) is 14.4. The van der Waals surface area contributed by atoms with Gasteiger partial charge in [-0.05, 0) is 26.2 Å². The molecule has 3 N–H and O–H groups in total. The van der Waals surface area contributed by atoms with Crippen LogP contribution in [-0.2, 0) is 6.42 Å². The van der Waals surface area contributed by atoms with Crippen molar-refractivity contribution < 1.29 is 5.11 Å². The van der Waals surface area contributed by atoms with Gasteiger partial charge in [-0.3, -0.25) is 0 Å². The van der Waals surface area contributed by atoms with Gasteiger partial charge in [0.15, 0.2) is 0 Å². The molecule has 0 atom stereocenters. The standard InChI is InChI=1S/C15H26N4O/c1-3-7-12-18-13(16-4-2)10-14(19-12)17-11-15(20)8-5-6-9-15/h10,20H,3-9,11H2,1-2H3,(H2,16,17,18,19). The van der Waals surface area contributed by atoms with Gasteiger partial charge in [-0.2, -0.15) is 0 Å². The Bertz CT molecular complexity index is 406. The Labute approximate surface area is 121 Å². The van der Waals surface area contributed by atoms with E-state index in [9.17, 15) is 5.11 Å². The van der Waals surface area contributed by atoms with Gasteiger partial charge < -0.3 is 15.7 Å². The van der Waals surface area contributed by atoms with E-state index in [1.165, 1.54) is 0 Å². The molecule has 5 nitrogen and oxygen atoms in total. The second-order valence-corrected chi connectivity index (χ2v) is 5.62. The number of hydrogen-bond donors (Lipinski definition) is 3. The van der Waals surface area contributed by atoms with E-state index in [1.807, 2.05) is 6.07 Å². The molecule has 1 aromatic heterocycles. The van der Waals surface area contributed by atoms with Crippen molar-refractivity contribution in [3.8, 4) is 0 Å². The highest BCUT2D eigenvalue weighted by Gasteiger charge is 2.30. The highest BCUT2D eigenvalue weighted by molar-refractivity contribution is 5.47. The molecule has 0 amide bonds. The van der Waals surface area contributed by atoms with E-state index >= 15 is 0 Å². The van der Waals surface area contributed by atoms with E-state index in [0.717, 1.165) is 62.5 Å². The monoisotopic (exact) mass is 278 g/mol. The number of aliphatic hydroxyl groups is 1. The molecule has 2 rings (SSSR count). The van der Waals surface area contributed by atoms with Crippen molar-refractivity contribution in [3.05, 3.63) is 11.9 Å². The number of rotatable bonds is 7. The minimum absolute atomic E-state index is 0.561. The SMILES string of the molecule is CCCc1nc(NCC)cc(NCC2(O)CCCC2)n1. The van der Waals surface area contributed by atoms with Crippen LogP contribution in [0.15, 0.2) is 6.07 Å². The predicted octanol–water partition coefficient (Wildman–Crippen LogP) is 2.58. The van der Waals surface area contributed by atoms with E-state index < -0.39 is 5.60 Å². The van der Waals surface area contributed by atoms with E-state index in [4.69, 9.17) is 0 Å². The summed E-state index contributed by atoms with van der Waals surface area (Å²) in [4.78, 5) is 9.01. The fraction of sp³-hybridized carbons (Fsp3) is 0.733. The molecule has 20 heavy (non-hydrogen) atoms. The molecule has 1 heterocycles. The Kier molecular flexibility index (Phi) is 5.17. The highest BCUT2D eigenvalue weighted by Crippen LogP contribution is 2.29. The van der Waals surface area contributed by atoms with Crippen molar-refractivity contribution in [2.24, 2.45) is 0 Å². The number of hydrogen-bond acceptors (Lipinski definition) is 5. The van der Waals surface area contributed by atoms with Gasteiger partial charge in [0.1, 0.15) is 17.5 Å². The molecule has 1 saturated carbocycles. The molecule has 1 aliphatic carbocycles. The summed E-state index contributed by atoms with van der Waals surface area (Å²) in [6.07, 6.45) is 5.90. The Morgan fingerprint density at radius 3 is 2.40 bits per heavy atom. The van der Waals surface area contributed by atoms with Crippen molar-refractivity contribution in [2.75, 3.05) is 23.7 Å². The van der Waals surface area contributed by atoms with E-state index in [2.05, 4.69) is 34.4 Å². The van der Waals surface area contributed by atoms with E-state index in [0.29, 0.717) is 6.54 Å². The largest absolute Gasteiger partial charge is 0.388 e. The molecule has 1 aromatic rings. The van der Waals surface area contributed by atoms with Crippen LogP contribution in [0.1, 0.15) is 51.8 Å². The minimum Gasteiger partial charge on any atom is -0.388 e. The van der Waals surface area contributed by atoms with Gasteiger partial charge in [0.2, 0.25) is 0 Å². The lowest BCUT2D eigenvalue weighted by Gasteiger charge is -2.23. The summed E-state index contributed by atoms with van der Waals surface area (Å²) in [6.45, 7) is 5.58. The molecule has 0 radical (unpaired) electrons. The third-order valence-electron chi connectivity index (χ3n) is 3.74. The first-order chi connectivity index (χ1) is 9.65. The Morgan fingerprint density at radius 2 is 1.80 bits per heavy atom. The Hall–Kier alpha value is -1.36. The highest BCUT2D eigenvalue weighted by atomic mass is 16.3. The van der Waals surface area contributed by atoms with Crippen LogP contribution < -0.4 is 10.6 Å². The normalized spacial score (nSPS) is 17.1. The van der Waals surface area contributed by atoms with Crippen LogP contribution in [0.2, 0.25) is 0 Å². The van der Waals surface area contributed by atoms with Gasteiger partial charge >= 0.3 is 0 Å². The Balaban J connectivity index is 2.05. The molecular weight excluding hydrogens is 252 g/mol. The Morgan fingerprint density at radius 1 is 1.15 bits per heavy atom. The van der Waals surface area contributed by atoms with Crippen molar-refractivity contribution in [3.63, 3.8) is 0 Å². The maximum Gasteiger partial charge on any atom is 0.133 e. The van der Waals surface area contributed by atoms with Crippen LogP contribution in [0.3, 0.4) is 0 Å².